The van der Waals surface area contributed by atoms with Gasteiger partial charge >= 0.3 is 0 Å². The molecule has 1 atom stereocenters. The summed E-state index contributed by atoms with van der Waals surface area (Å²) in [5.74, 6) is 0.131. The topological polar surface area (TPSA) is 61.4 Å². The molecular formula is C15H22BrN3O2S. The van der Waals surface area contributed by atoms with Crippen LogP contribution in [0.5, 0.6) is 0 Å². The van der Waals surface area contributed by atoms with Gasteiger partial charge in [-0.1, -0.05) is 22.0 Å². The quantitative estimate of drug-likeness (QED) is 0.666. The van der Waals surface area contributed by atoms with Crippen LogP contribution in [0.15, 0.2) is 33.6 Å². The molecule has 0 aromatic heterocycles. The first-order valence-corrected chi connectivity index (χ1v) is 8.74. The van der Waals surface area contributed by atoms with E-state index in [4.69, 9.17) is 0 Å². The fourth-order valence-corrected chi connectivity index (χ4v) is 3.22. The van der Waals surface area contributed by atoms with Crippen molar-refractivity contribution in [2.75, 3.05) is 32.9 Å². The minimum absolute atomic E-state index is 0.153. The van der Waals surface area contributed by atoms with Crippen molar-refractivity contribution in [2.45, 2.75) is 17.9 Å². The second-order valence-corrected chi connectivity index (χ2v) is 7.12. The molecule has 22 heavy (non-hydrogen) atoms. The predicted molar refractivity (Wildman–Crippen MR) is 94.0 cm³/mol. The van der Waals surface area contributed by atoms with Crippen molar-refractivity contribution in [3.8, 4) is 0 Å². The highest BCUT2D eigenvalue weighted by Gasteiger charge is 2.19. The van der Waals surface area contributed by atoms with E-state index in [1.165, 1.54) is 18.7 Å². The van der Waals surface area contributed by atoms with E-state index in [0.717, 1.165) is 15.9 Å². The summed E-state index contributed by atoms with van der Waals surface area (Å²) in [5.41, 5.74) is 0. The molecular weight excluding hydrogens is 366 g/mol. The maximum absolute atomic E-state index is 12.2. The lowest BCUT2D eigenvalue weighted by Crippen LogP contribution is -2.48. The van der Waals surface area contributed by atoms with Gasteiger partial charge in [-0.25, -0.2) is 0 Å². The van der Waals surface area contributed by atoms with Crippen molar-refractivity contribution in [3.05, 3.63) is 28.7 Å². The van der Waals surface area contributed by atoms with Crippen LogP contribution in [0, 0.1) is 0 Å². The molecule has 1 unspecified atom stereocenters. The van der Waals surface area contributed by atoms with Gasteiger partial charge in [-0.05, 0) is 32.3 Å². The predicted octanol–water partition coefficient (Wildman–Crippen LogP) is 1.72. The Morgan fingerprint density at radius 2 is 2.09 bits per heavy atom. The van der Waals surface area contributed by atoms with E-state index in [9.17, 15) is 9.59 Å². The number of halogens is 1. The monoisotopic (exact) mass is 387 g/mol. The van der Waals surface area contributed by atoms with Crippen molar-refractivity contribution >= 4 is 39.5 Å². The zero-order valence-electron chi connectivity index (χ0n) is 13.1. The van der Waals surface area contributed by atoms with Crippen molar-refractivity contribution in [3.63, 3.8) is 0 Å². The Labute approximate surface area is 144 Å². The average molecular weight is 388 g/mol. The maximum Gasteiger partial charge on any atom is 0.243 e. The van der Waals surface area contributed by atoms with Crippen molar-refractivity contribution in [2.24, 2.45) is 0 Å². The number of nitrogens with one attached hydrogen (secondary N) is 2. The highest BCUT2D eigenvalue weighted by molar-refractivity contribution is 9.10. The summed E-state index contributed by atoms with van der Waals surface area (Å²) in [6, 6.07) is 7.31. The van der Waals surface area contributed by atoms with Gasteiger partial charge in [0.2, 0.25) is 11.8 Å². The van der Waals surface area contributed by atoms with Crippen LogP contribution in [0.3, 0.4) is 0 Å². The molecule has 0 spiro atoms. The van der Waals surface area contributed by atoms with Gasteiger partial charge in [0.05, 0.1) is 0 Å². The largest absolute Gasteiger partial charge is 0.353 e. The summed E-state index contributed by atoms with van der Waals surface area (Å²) in [4.78, 5) is 26.5. The molecule has 1 aromatic carbocycles. The zero-order chi connectivity index (χ0) is 16.5. The molecule has 5 nitrogen and oxygen atoms in total. The molecule has 0 aliphatic heterocycles. The summed E-state index contributed by atoms with van der Waals surface area (Å²) in [7, 11) is 3.89. The molecule has 0 bridgehead atoms. The molecule has 0 aliphatic carbocycles. The molecule has 1 aromatic rings. The lowest BCUT2D eigenvalue weighted by molar-refractivity contribution is -0.127. The van der Waals surface area contributed by atoms with E-state index in [1.807, 2.05) is 43.3 Å². The van der Waals surface area contributed by atoms with E-state index >= 15 is 0 Å². The Morgan fingerprint density at radius 3 is 2.68 bits per heavy atom. The molecule has 1 rings (SSSR count). The van der Waals surface area contributed by atoms with Gasteiger partial charge in [0.15, 0.2) is 0 Å². The normalized spacial score (nSPS) is 12.0. The van der Waals surface area contributed by atoms with Crippen molar-refractivity contribution in [1.82, 2.24) is 15.5 Å². The first kappa shape index (κ1) is 19.0. The van der Waals surface area contributed by atoms with Crippen molar-refractivity contribution < 1.29 is 9.59 Å². The molecule has 0 heterocycles. The summed E-state index contributed by atoms with van der Waals surface area (Å²) < 4.78 is 0.990. The lowest BCUT2D eigenvalue weighted by Gasteiger charge is -2.18. The van der Waals surface area contributed by atoms with Gasteiger partial charge in [0, 0.05) is 35.1 Å². The summed E-state index contributed by atoms with van der Waals surface area (Å²) in [6.07, 6.45) is 0. The number of amides is 2. The average Bonchev–Trinajstić information content (AvgIpc) is 2.42. The van der Waals surface area contributed by atoms with Crippen LogP contribution in [0.1, 0.15) is 6.92 Å². The third kappa shape index (κ3) is 7.82. The van der Waals surface area contributed by atoms with Crippen molar-refractivity contribution in [1.29, 1.82) is 0 Å². The van der Waals surface area contributed by atoms with E-state index in [1.54, 1.807) is 0 Å². The minimum Gasteiger partial charge on any atom is -0.353 e. The summed E-state index contributed by atoms with van der Waals surface area (Å²) in [5, 5.41) is 5.55. The minimum atomic E-state index is -0.538. The number of benzene rings is 1. The maximum atomic E-state index is 12.2. The molecule has 0 fully saturated rings. The van der Waals surface area contributed by atoms with E-state index in [-0.39, 0.29) is 11.8 Å². The van der Waals surface area contributed by atoms with Gasteiger partial charge in [-0.15, -0.1) is 11.8 Å². The van der Waals surface area contributed by atoms with Crippen LogP contribution in [-0.4, -0.2) is 55.7 Å². The number of likely N-dealkylation sites (N-methyl/N-ethyl adjacent to an activating group) is 1. The van der Waals surface area contributed by atoms with Crippen LogP contribution < -0.4 is 10.6 Å². The van der Waals surface area contributed by atoms with Crippen LogP contribution in [-0.2, 0) is 9.59 Å². The standard InChI is InChI=1S/C15H22BrN3O2S/c1-11(20)18-14(15(21)17-7-8-19(2)3)10-22-13-6-4-5-12(16)9-13/h4-6,9,14H,7-8,10H2,1-3H3,(H,17,21)(H,18,20). The molecule has 0 aliphatic rings. The van der Waals surface area contributed by atoms with Gasteiger partial charge in [-0.3, -0.25) is 9.59 Å². The van der Waals surface area contributed by atoms with Gasteiger partial charge in [0.25, 0.3) is 0 Å². The lowest BCUT2D eigenvalue weighted by atomic mass is 10.3. The number of carbonyl (C=O) groups excluding carboxylic acids is 2. The molecule has 0 radical (unpaired) electrons. The number of thioether (sulfide) groups is 1. The smallest absolute Gasteiger partial charge is 0.243 e. The Morgan fingerprint density at radius 1 is 1.36 bits per heavy atom. The fraction of sp³-hybridized carbons (Fsp3) is 0.467. The van der Waals surface area contributed by atoms with Crippen LogP contribution >= 0.6 is 27.7 Å². The molecule has 122 valence electrons. The Hall–Kier alpha value is -1.05. The fourth-order valence-electron chi connectivity index (χ4n) is 1.69. The first-order chi connectivity index (χ1) is 10.4. The highest BCUT2D eigenvalue weighted by atomic mass is 79.9. The highest BCUT2D eigenvalue weighted by Crippen LogP contribution is 2.22. The van der Waals surface area contributed by atoms with Crippen LogP contribution in [0.2, 0.25) is 0 Å². The second-order valence-electron chi connectivity index (χ2n) is 5.12. The van der Waals surface area contributed by atoms with Gasteiger partial charge in [0.1, 0.15) is 6.04 Å². The number of rotatable bonds is 8. The molecule has 2 N–H and O–H groups in total. The molecule has 7 heteroatoms. The third-order valence-electron chi connectivity index (χ3n) is 2.76. The Bertz CT molecular complexity index is 511. The first-order valence-electron chi connectivity index (χ1n) is 6.96. The van der Waals surface area contributed by atoms with E-state index in [0.29, 0.717) is 12.3 Å². The second kappa shape index (κ2) is 9.86. The zero-order valence-corrected chi connectivity index (χ0v) is 15.5. The summed E-state index contributed by atoms with van der Waals surface area (Å²) in [6.45, 7) is 2.74. The van der Waals surface area contributed by atoms with Gasteiger partial charge in [-0.2, -0.15) is 0 Å². The number of nitrogens with zero attached hydrogens (tertiary/aromatic N) is 1. The Balaban J connectivity index is 2.56. The van der Waals surface area contributed by atoms with Gasteiger partial charge < -0.3 is 15.5 Å². The van der Waals surface area contributed by atoms with E-state index < -0.39 is 6.04 Å². The number of carbonyl (C=O) groups is 2. The third-order valence-corrected chi connectivity index (χ3v) is 4.35. The van der Waals surface area contributed by atoms with Crippen LogP contribution in [0.25, 0.3) is 0 Å². The summed E-state index contributed by atoms with van der Waals surface area (Å²) >= 11 is 4.96. The van der Waals surface area contributed by atoms with Crippen LogP contribution in [0.4, 0.5) is 0 Å². The molecule has 0 saturated heterocycles. The van der Waals surface area contributed by atoms with E-state index in [2.05, 4.69) is 26.6 Å². The molecule has 0 saturated carbocycles. The molecule has 2 amide bonds. The number of hydrogen-bond donors (Lipinski definition) is 2. The Kier molecular flexibility index (Phi) is 8.52. The SMILES string of the molecule is CC(=O)NC(CSc1cccc(Br)c1)C(=O)NCCN(C)C. The number of hydrogen-bond acceptors (Lipinski definition) is 4.